The second-order valence-electron chi connectivity index (χ2n) is 9.96. The SMILES string of the molecule is C=C1[C@H]2CC[C@@H]3[C@](C2)(C(=O)O[C@H]2C[C@@H]4OC5O[C@@H](O)[C@H](C4(C)C)[C@@]523)[C@@H]1O. The number of ether oxygens (including phenoxy) is 3. The first-order chi connectivity index (χ1) is 12.3. The molecule has 0 aromatic rings. The molecule has 0 amide bonds. The smallest absolute Gasteiger partial charge is 0.315 e. The Morgan fingerprint density at radius 2 is 1.92 bits per heavy atom. The van der Waals surface area contributed by atoms with Crippen LogP contribution in [0.3, 0.4) is 0 Å². The van der Waals surface area contributed by atoms with Gasteiger partial charge in [0.15, 0.2) is 12.6 Å². The van der Waals surface area contributed by atoms with E-state index in [4.69, 9.17) is 14.2 Å². The van der Waals surface area contributed by atoms with E-state index in [9.17, 15) is 15.0 Å². The van der Waals surface area contributed by atoms with Crippen LogP contribution in [0.4, 0.5) is 0 Å². The van der Waals surface area contributed by atoms with Gasteiger partial charge in [0.25, 0.3) is 0 Å². The van der Waals surface area contributed by atoms with Gasteiger partial charge in [0.2, 0.25) is 0 Å². The third kappa shape index (κ3) is 1.35. The van der Waals surface area contributed by atoms with Crippen molar-refractivity contribution in [3.63, 3.8) is 0 Å². The summed E-state index contributed by atoms with van der Waals surface area (Å²) in [4.78, 5) is 13.2. The summed E-state index contributed by atoms with van der Waals surface area (Å²) in [5, 5.41) is 21.9. The molecule has 2 N–H and O–H groups in total. The summed E-state index contributed by atoms with van der Waals surface area (Å²) in [6, 6.07) is 0. The summed E-state index contributed by atoms with van der Waals surface area (Å²) in [7, 11) is 0. The zero-order chi connectivity index (χ0) is 18.2. The van der Waals surface area contributed by atoms with Gasteiger partial charge >= 0.3 is 5.97 Å². The quantitative estimate of drug-likeness (QED) is 0.500. The minimum absolute atomic E-state index is 0.108. The van der Waals surface area contributed by atoms with Gasteiger partial charge in [-0.3, -0.25) is 4.79 Å². The van der Waals surface area contributed by atoms with Gasteiger partial charge in [-0.15, -0.1) is 0 Å². The Morgan fingerprint density at radius 1 is 1.15 bits per heavy atom. The van der Waals surface area contributed by atoms with Crippen molar-refractivity contribution in [3.8, 4) is 0 Å². The molecule has 1 unspecified atom stereocenters. The summed E-state index contributed by atoms with van der Waals surface area (Å²) in [5.74, 6) is -0.420. The van der Waals surface area contributed by atoms with Crippen LogP contribution in [0, 0.1) is 34.0 Å². The van der Waals surface area contributed by atoms with E-state index in [1.807, 2.05) is 0 Å². The molecule has 6 heteroatoms. The highest BCUT2D eigenvalue weighted by Crippen LogP contribution is 2.76. The number of hydrogen-bond donors (Lipinski definition) is 2. The fraction of sp³-hybridized carbons (Fsp3) is 0.850. The Balaban J connectivity index is 1.59. The highest BCUT2D eigenvalue weighted by atomic mass is 16.7. The molecule has 26 heavy (non-hydrogen) atoms. The van der Waals surface area contributed by atoms with Gasteiger partial charge in [-0.1, -0.05) is 20.4 Å². The predicted octanol–water partition coefficient (Wildman–Crippen LogP) is 1.35. The Kier molecular flexibility index (Phi) is 2.70. The highest BCUT2D eigenvalue weighted by Gasteiger charge is 2.83. The molecule has 3 aliphatic carbocycles. The van der Waals surface area contributed by atoms with Crippen molar-refractivity contribution in [2.75, 3.05) is 0 Å². The van der Waals surface area contributed by atoms with Crippen LogP contribution < -0.4 is 0 Å². The molecule has 7 rings (SSSR count). The lowest BCUT2D eigenvalue weighted by atomic mass is 9.41. The Hall–Kier alpha value is -0.950. The van der Waals surface area contributed by atoms with Crippen molar-refractivity contribution in [1.82, 2.24) is 0 Å². The number of carbonyl (C=O) groups is 1. The van der Waals surface area contributed by atoms with Crippen LogP contribution in [0.2, 0.25) is 0 Å². The van der Waals surface area contributed by atoms with E-state index in [0.29, 0.717) is 12.8 Å². The summed E-state index contributed by atoms with van der Waals surface area (Å²) >= 11 is 0. The molecule has 4 aliphatic heterocycles. The lowest BCUT2D eigenvalue weighted by Crippen LogP contribution is -2.76. The number of carbonyl (C=O) groups excluding carboxylic acids is 1. The maximum atomic E-state index is 13.2. The molecular formula is C20H26O6. The molecular weight excluding hydrogens is 336 g/mol. The van der Waals surface area contributed by atoms with Crippen LogP contribution in [0.15, 0.2) is 12.2 Å². The lowest BCUT2D eigenvalue weighted by Gasteiger charge is -2.68. The predicted molar refractivity (Wildman–Crippen MR) is 88.4 cm³/mol. The average Bonchev–Trinajstić information content (AvgIpc) is 2.96. The number of hydrogen-bond acceptors (Lipinski definition) is 6. The molecule has 0 aromatic carbocycles. The molecule has 3 saturated carbocycles. The van der Waals surface area contributed by atoms with Crippen molar-refractivity contribution in [3.05, 3.63) is 12.2 Å². The van der Waals surface area contributed by atoms with Gasteiger partial charge in [0.1, 0.15) is 11.5 Å². The Labute approximate surface area is 152 Å². The van der Waals surface area contributed by atoms with Crippen LogP contribution in [0.1, 0.15) is 39.5 Å². The molecule has 10 atom stereocenters. The number of rotatable bonds is 0. The standard InChI is InChI=1S/C20H26O6/c1-8-9-4-5-10-19(7-9,14(8)21)16(23)24-12-6-11-18(2,3)13-15(22)26-17(25-11)20(10,12)13/h9-15,17,21-22H,1,4-7H2,2-3H3/t9-,10+,11-,12-,13+,14+,15+,17?,19-,20-/m0/s1. The summed E-state index contributed by atoms with van der Waals surface area (Å²) in [5.41, 5.74) is -1.09. The third-order valence-electron chi connectivity index (χ3n) is 9.01. The summed E-state index contributed by atoms with van der Waals surface area (Å²) < 4.78 is 18.2. The first-order valence-corrected chi connectivity index (χ1v) is 9.82. The van der Waals surface area contributed by atoms with Crippen LogP contribution in [-0.4, -0.2) is 47.1 Å². The van der Waals surface area contributed by atoms with Crippen molar-refractivity contribution in [1.29, 1.82) is 0 Å². The largest absolute Gasteiger partial charge is 0.461 e. The number of fused-ring (bicyclic) bond motifs is 1. The van der Waals surface area contributed by atoms with Crippen molar-refractivity contribution < 1.29 is 29.2 Å². The average molecular weight is 362 g/mol. The molecule has 142 valence electrons. The second kappa shape index (κ2) is 4.37. The number of aliphatic hydroxyl groups is 2. The maximum absolute atomic E-state index is 13.2. The van der Waals surface area contributed by atoms with E-state index in [1.54, 1.807) is 0 Å². The summed E-state index contributed by atoms with van der Waals surface area (Å²) in [6.45, 7) is 8.32. The highest BCUT2D eigenvalue weighted by molar-refractivity contribution is 5.82. The minimum atomic E-state index is -0.968. The molecule has 0 aromatic heterocycles. The topological polar surface area (TPSA) is 85.2 Å². The van der Waals surface area contributed by atoms with Gasteiger partial charge in [-0.05, 0) is 42.1 Å². The van der Waals surface area contributed by atoms with E-state index < -0.39 is 29.5 Å². The summed E-state index contributed by atoms with van der Waals surface area (Å²) in [6.07, 6.45) is 0.109. The van der Waals surface area contributed by atoms with Gasteiger partial charge in [-0.2, -0.15) is 0 Å². The molecule has 7 aliphatic rings. The van der Waals surface area contributed by atoms with E-state index >= 15 is 0 Å². The number of esters is 1. The van der Waals surface area contributed by atoms with Gasteiger partial charge in [0, 0.05) is 12.3 Å². The van der Waals surface area contributed by atoms with Crippen molar-refractivity contribution in [2.45, 2.75) is 70.4 Å². The monoisotopic (exact) mass is 362 g/mol. The Bertz CT molecular complexity index is 732. The fourth-order valence-electron chi connectivity index (χ4n) is 7.99. The molecule has 0 radical (unpaired) electrons. The molecule has 2 spiro atoms. The van der Waals surface area contributed by atoms with E-state index in [2.05, 4.69) is 20.4 Å². The molecule has 6 bridgehead atoms. The lowest BCUT2D eigenvalue weighted by molar-refractivity contribution is -0.359. The third-order valence-corrected chi connectivity index (χ3v) is 9.01. The normalized spacial score (nSPS) is 61.2. The van der Waals surface area contributed by atoms with Gasteiger partial charge < -0.3 is 24.4 Å². The minimum Gasteiger partial charge on any atom is -0.461 e. The Morgan fingerprint density at radius 3 is 2.69 bits per heavy atom. The maximum Gasteiger partial charge on any atom is 0.315 e. The van der Waals surface area contributed by atoms with E-state index in [-0.39, 0.29) is 41.3 Å². The van der Waals surface area contributed by atoms with Crippen molar-refractivity contribution in [2.24, 2.45) is 34.0 Å². The van der Waals surface area contributed by atoms with Crippen LogP contribution in [0.5, 0.6) is 0 Å². The zero-order valence-electron chi connectivity index (χ0n) is 15.2. The zero-order valence-corrected chi connectivity index (χ0v) is 15.2. The van der Waals surface area contributed by atoms with Crippen LogP contribution in [-0.2, 0) is 19.0 Å². The fourth-order valence-corrected chi connectivity index (χ4v) is 7.99. The van der Waals surface area contributed by atoms with Crippen LogP contribution in [0.25, 0.3) is 0 Å². The van der Waals surface area contributed by atoms with Gasteiger partial charge in [-0.25, -0.2) is 0 Å². The second-order valence-corrected chi connectivity index (χ2v) is 9.96. The van der Waals surface area contributed by atoms with Gasteiger partial charge in [0.05, 0.1) is 17.6 Å². The van der Waals surface area contributed by atoms with E-state index in [1.165, 1.54) is 0 Å². The first-order valence-electron chi connectivity index (χ1n) is 9.82. The first kappa shape index (κ1) is 16.0. The van der Waals surface area contributed by atoms with E-state index in [0.717, 1.165) is 18.4 Å². The molecule has 7 fully saturated rings. The molecule has 6 nitrogen and oxygen atoms in total. The van der Waals surface area contributed by atoms with Crippen LogP contribution >= 0.6 is 0 Å². The molecule has 4 saturated heterocycles. The van der Waals surface area contributed by atoms with Crippen molar-refractivity contribution >= 4 is 5.97 Å². The molecule has 4 heterocycles. The number of aliphatic hydroxyl groups excluding tert-OH is 2.